The fourth-order valence-corrected chi connectivity index (χ4v) is 1.69. The van der Waals surface area contributed by atoms with Gasteiger partial charge in [-0.05, 0) is 22.3 Å². The maximum absolute atomic E-state index is 3.38. The van der Waals surface area contributed by atoms with Crippen molar-refractivity contribution in [2.24, 2.45) is 0 Å². The lowest BCUT2D eigenvalue weighted by atomic mass is 9.86. The Kier molecular flexibility index (Phi) is 1.66. The smallest absolute Gasteiger partial charge is 0.0508 e. The van der Waals surface area contributed by atoms with Crippen molar-refractivity contribution >= 4 is 0 Å². The molecule has 2 aromatic rings. The molecule has 0 nitrogen and oxygen atoms in total. The molecule has 0 bridgehead atoms. The summed E-state index contributed by atoms with van der Waals surface area (Å²) in [5.41, 5.74) is 4.52. The predicted octanol–water partition coefficient (Wildman–Crippen LogP) is 2.96. The highest BCUT2D eigenvalue weighted by Gasteiger charge is 2.14. The van der Waals surface area contributed by atoms with Crippen LogP contribution in [0, 0.1) is 12.8 Å². The van der Waals surface area contributed by atoms with Crippen LogP contribution in [0.4, 0.5) is 0 Å². The topological polar surface area (TPSA) is 0 Å². The summed E-state index contributed by atoms with van der Waals surface area (Å²) in [6, 6.07) is 16.4. The van der Waals surface area contributed by atoms with Gasteiger partial charge in [0.05, 0.1) is 12.8 Å². The Morgan fingerprint density at radius 3 is 1.07 bits per heavy atom. The fourth-order valence-electron chi connectivity index (χ4n) is 1.69. The van der Waals surface area contributed by atoms with Gasteiger partial charge >= 0.3 is 0 Å². The van der Waals surface area contributed by atoms with E-state index in [9.17, 15) is 0 Å². The van der Waals surface area contributed by atoms with Gasteiger partial charge in [-0.3, -0.25) is 0 Å². The van der Waals surface area contributed by atoms with Crippen LogP contribution in [0.25, 0.3) is 0 Å². The lowest BCUT2D eigenvalue weighted by molar-refractivity contribution is 1.26. The first-order valence-electron chi connectivity index (χ1n) is 4.65. The molecule has 1 aliphatic rings. The Hall–Kier alpha value is -1.56. The summed E-state index contributed by atoms with van der Waals surface area (Å²) in [6.45, 7) is 0. The molecule has 0 atom stereocenters. The van der Waals surface area contributed by atoms with E-state index in [2.05, 4.69) is 37.1 Å². The second kappa shape index (κ2) is 2.98. The zero-order valence-corrected chi connectivity index (χ0v) is 7.62. The van der Waals surface area contributed by atoms with Gasteiger partial charge in [0.15, 0.2) is 0 Å². The summed E-state index contributed by atoms with van der Waals surface area (Å²) in [5.74, 6) is 0. The molecule has 3 rings (SSSR count). The molecule has 0 amide bonds. The van der Waals surface area contributed by atoms with Gasteiger partial charge < -0.3 is 0 Å². The molecule has 0 saturated heterocycles. The first kappa shape index (κ1) is 7.81. The van der Waals surface area contributed by atoms with Gasteiger partial charge in [-0.1, -0.05) is 48.5 Å². The van der Waals surface area contributed by atoms with E-state index in [1.807, 2.05) is 24.3 Å². The van der Waals surface area contributed by atoms with Crippen LogP contribution >= 0.6 is 0 Å². The quantitative estimate of drug-likeness (QED) is 0.494. The number of rotatable bonds is 0. The van der Waals surface area contributed by atoms with E-state index in [1.54, 1.807) is 0 Å². The van der Waals surface area contributed by atoms with Crippen LogP contribution in [0.3, 0.4) is 0 Å². The average molecular weight is 176 g/mol. The second-order valence-electron chi connectivity index (χ2n) is 3.34. The first-order valence-corrected chi connectivity index (χ1v) is 4.65. The van der Waals surface area contributed by atoms with Crippen molar-refractivity contribution in [3.8, 4) is 0 Å². The summed E-state index contributed by atoms with van der Waals surface area (Å²) < 4.78 is 0. The number of hydrogen-bond donors (Lipinski definition) is 0. The zero-order chi connectivity index (χ0) is 9.38. The Bertz CT molecular complexity index is 381. The van der Waals surface area contributed by atoms with Crippen molar-refractivity contribution in [1.29, 1.82) is 0 Å². The number of fused-ring (bicyclic) bond motifs is 2. The Labute approximate surface area is 84.2 Å². The monoisotopic (exact) mass is 176 g/mol. The van der Waals surface area contributed by atoms with E-state index < -0.39 is 0 Å². The lowest BCUT2D eigenvalue weighted by Gasteiger charge is -2.17. The predicted molar refractivity (Wildman–Crippen MR) is 55.8 cm³/mol. The molecule has 4 radical (unpaired) electrons. The van der Waals surface area contributed by atoms with E-state index in [1.165, 1.54) is 0 Å². The Morgan fingerprint density at radius 1 is 0.500 bits per heavy atom. The van der Waals surface area contributed by atoms with Crippen molar-refractivity contribution in [2.45, 2.75) is 0 Å². The van der Waals surface area contributed by atoms with E-state index in [-0.39, 0.29) is 0 Å². The average Bonchev–Trinajstić information content (AvgIpc) is 2.26. The third-order valence-electron chi connectivity index (χ3n) is 2.39. The minimum absolute atomic E-state index is 1.13. The van der Waals surface area contributed by atoms with E-state index in [0.717, 1.165) is 22.3 Å². The molecule has 0 aliphatic heterocycles. The summed E-state index contributed by atoms with van der Waals surface area (Å²) in [6.07, 6.45) is 6.76. The van der Waals surface area contributed by atoms with Crippen LogP contribution in [-0.2, 0) is 0 Å². The zero-order valence-electron chi connectivity index (χ0n) is 7.62. The standard InChI is InChI=1S/C14H8/c1-2-6-12-10-14-8-4-3-7-13(14)9-11(12)5-1/h1-8H. The van der Waals surface area contributed by atoms with E-state index in [4.69, 9.17) is 0 Å². The molecule has 0 aromatic heterocycles. The van der Waals surface area contributed by atoms with Crippen LogP contribution in [0.1, 0.15) is 22.3 Å². The molecule has 0 N–H and O–H groups in total. The minimum atomic E-state index is 1.13. The largest absolute Gasteiger partial charge is 0.0619 e. The Morgan fingerprint density at radius 2 is 0.786 bits per heavy atom. The lowest BCUT2D eigenvalue weighted by Crippen LogP contribution is -2.02. The van der Waals surface area contributed by atoms with Gasteiger partial charge in [0.25, 0.3) is 0 Å². The highest BCUT2D eigenvalue weighted by molar-refractivity contribution is 5.58. The molecular formula is C14H8. The third-order valence-corrected chi connectivity index (χ3v) is 2.39. The molecule has 64 valence electrons. The van der Waals surface area contributed by atoms with E-state index in [0.29, 0.717) is 0 Å². The fraction of sp³-hybridized carbons (Fsp3) is 0. The molecule has 0 unspecified atom stereocenters. The van der Waals surface area contributed by atoms with Crippen molar-refractivity contribution in [2.75, 3.05) is 0 Å². The molecule has 0 fully saturated rings. The maximum atomic E-state index is 3.38. The van der Waals surface area contributed by atoms with Gasteiger partial charge in [-0.2, -0.15) is 0 Å². The summed E-state index contributed by atoms with van der Waals surface area (Å²) >= 11 is 0. The molecular weight excluding hydrogens is 168 g/mol. The van der Waals surface area contributed by atoms with Gasteiger partial charge in [0, 0.05) is 0 Å². The van der Waals surface area contributed by atoms with Gasteiger partial charge in [-0.15, -0.1) is 0 Å². The van der Waals surface area contributed by atoms with Crippen molar-refractivity contribution < 1.29 is 0 Å². The van der Waals surface area contributed by atoms with Crippen LogP contribution in [0.15, 0.2) is 48.5 Å². The molecule has 0 heteroatoms. The highest BCUT2D eigenvalue weighted by Crippen LogP contribution is 2.29. The molecule has 0 saturated carbocycles. The molecule has 14 heavy (non-hydrogen) atoms. The highest BCUT2D eigenvalue weighted by atomic mass is 14.2. The third kappa shape index (κ3) is 1.15. The minimum Gasteiger partial charge on any atom is -0.0619 e. The molecule has 0 heterocycles. The molecule has 0 spiro atoms. The van der Waals surface area contributed by atoms with Crippen molar-refractivity contribution in [3.05, 3.63) is 83.6 Å². The summed E-state index contributed by atoms with van der Waals surface area (Å²) in [4.78, 5) is 0. The SMILES string of the molecule is [C]1c2ccccc2[C]c2ccccc21. The van der Waals surface area contributed by atoms with Crippen molar-refractivity contribution in [1.82, 2.24) is 0 Å². The van der Waals surface area contributed by atoms with Crippen LogP contribution in [-0.4, -0.2) is 0 Å². The van der Waals surface area contributed by atoms with Gasteiger partial charge in [-0.25, -0.2) is 0 Å². The molecule has 1 aliphatic carbocycles. The van der Waals surface area contributed by atoms with Gasteiger partial charge in [0.1, 0.15) is 0 Å². The Balaban J connectivity index is 2.12. The number of hydrogen-bond acceptors (Lipinski definition) is 0. The second-order valence-corrected chi connectivity index (χ2v) is 3.34. The van der Waals surface area contributed by atoms with Crippen LogP contribution in [0.5, 0.6) is 0 Å². The summed E-state index contributed by atoms with van der Waals surface area (Å²) in [7, 11) is 0. The molecule has 2 aromatic carbocycles. The normalized spacial score (nSPS) is 13.1. The maximum Gasteiger partial charge on any atom is 0.0508 e. The number of benzene rings is 2. The van der Waals surface area contributed by atoms with Crippen molar-refractivity contribution in [3.63, 3.8) is 0 Å². The van der Waals surface area contributed by atoms with Gasteiger partial charge in [0.2, 0.25) is 0 Å². The van der Waals surface area contributed by atoms with E-state index >= 15 is 0 Å². The first-order chi connectivity index (χ1) is 6.93. The van der Waals surface area contributed by atoms with Crippen LogP contribution in [0.2, 0.25) is 0 Å². The van der Waals surface area contributed by atoms with Crippen LogP contribution < -0.4 is 0 Å². The summed E-state index contributed by atoms with van der Waals surface area (Å²) in [5, 5.41) is 0.